The number of pyridine rings is 1. The van der Waals surface area contributed by atoms with Gasteiger partial charge in [-0.1, -0.05) is 24.3 Å². The van der Waals surface area contributed by atoms with E-state index >= 15 is 0 Å². The van der Waals surface area contributed by atoms with E-state index in [4.69, 9.17) is 4.74 Å². The van der Waals surface area contributed by atoms with Crippen LogP contribution in [0.5, 0.6) is 0 Å². The lowest BCUT2D eigenvalue weighted by atomic mass is 9.81. The number of cyclic esters (lactones) is 1. The Hall–Kier alpha value is -4.28. The predicted molar refractivity (Wildman–Crippen MR) is 155 cm³/mol. The molecule has 2 atom stereocenters. The maximum atomic E-state index is 14.7. The van der Waals surface area contributed by atoms with Crippen molar-refractivity contribution in [3.8, 4) is 0 Å². The largest absolute Gasteiger partial charge is 0.449 e. The molecule has 2 aliphatic rings. The third-order valence-corrected chi connectivity index (χ3v) is 8.29. The summed E-state index contributed by atoms with van der Waals surface area (Å²) in [6.07, 6.45) is 0.0986. The summed E-state index contributed by atoms with van der Waals surface area (Å²) < 4.78 is 62.5. The number of aromatic nitrogens is 1. The van der Waals surface area contributed by atoms with Crippen LogP contribution in [0.2, 0.25) is 0 Å². The van der Waals surface area contributed by atoms with Crippen LogP contribution in [0.15, 0.2) is 60.8 Å². The molecule has 0 spiro atoms. The molecule has 44 heavy (non-hydrogen) atoms. The van der Waals surface area contributed by atoms with Crippen LogP contribution in [0, 0.1) is 31.4 Å². The highest BCUT2D eigenvalue weighted by molar-refractivity contribution is 6.08. The molecule has 2 unspecified atom stereocenters. The Balaban J connectivity index is 1.63. The predicted octanol–water partition coefficient (Wildman–Crippen LogP) is 7.25. The topological polar surface area (TPSA) is 79.8 Å². The van der Waals surface area contributed by atoms with Crippen molar-refractivity contribution < 1.29 is 36.7 Å². The average molecular weight is 612 g/mol. The second-order valence-corrected chi connectivity index (χ2v) is 11.5. The van der Waals surface area contributed by atoms with Crippen molar-refractivity contribution >= 4 is 29.3 Å². The number of amides is 2. The number of anilines is 2. The van der Waals surface area contributed by atoms with Crippen molar-refractivity contribution in [2.75, 3.05) is 16.4 Å². The van der Waals surface area contributed by atoms with Crippen LogP contribution in [0.3, 0.4) is 0 Å². The second kappa shape index (κ2) is 12.8. The molecule has 11 heteroatoms. The van der Waals surface area contributed by atoms with Crippen LogP contribution in [-0.4, -0.2) is 41.3 Å². The summed E-state index contributed by atoms with van der Waals surface area (Å²) in [6, 6.07) is 10.1. The van der Waals surface area contributed by atoms with Crippen LogP contribution < -0.4 is 9.80 Å². The number of carbonyl (C=O) groups excluding carboxylic acids is 3. The summed E-state index contributed by atoms with van der Waals surface area (Å²) in [5.41, 5.74) is 1.58. The Morgan fingerprint density at radius 1 is 1.02 bits per heavy atom. The zero-order valence-electron chi connectivity index (χ0n) is 24.4. The SMILES string of the molecule is Cc1ccnc(N2C(=O)OCCC2C(=O)N(c2cc(F)cc(F)c2)C(C(=O)CC2CCC(F)(F)CC2)c2ccccc2C)c1. The van der Waals surface area contributed by atoms with Gasteiger partial charge >= 0.3 is 6.09 Å². The lowest BCUT2D eigenvalue weighted by molar-refractivity contribution is -0.127. The number of hydrogen-bond donors (Lipinski definition) is 0. The third-order valence-electron chi connectivity index (χ3n) is 8.29. The first-order valence-corrected chi connectivity index (χ1v) is 14.6. The average Bonchev–Trinajstić information content (AvgIpc) is 2.96. The number of carbonyl (C=O) groups is 3. The van der Waals surface area contributed by atoms with Crippen LogP contribution in [0.1, 0.15) is 61.3 Å². The lowest BCUT2D eigenvalue weighted by Gasteiger charge is -2.40. The third kappa shape index (κ3) is 6.76. The van der Waals surface area contributed by atoms with E-state index in [2.05, 4.69) is 4.98 Å². The van der Waals surface area contributed by atoms with Gasteiger partial charge in [0.15, 0.2) is 5.78 Å². The minimum absolute atomic E-state index is 0.0148. The fraction of sp³-hybridized carbons (Fsp3) is 0.394. The molecule has 1 saturated carbocycles. The summed E-state index contributed by atoms with van der Waals surface area (Å²) in [6.45, 7) is 3.42. The summed E-state index contributed by atoms with van der Waals surface area (Å²) in [7, 11) is 0. The molecule has 0 radical (unpaired) electrons. The van der Waals surface area contributed by atoms with E-state index in [-0.39, 0.29) is 62.6 Å². The van der Waals surface area contributed by atoms with Gasteiger partial charge in [0.25, 0.3) is 5.91 Å². The maximum Gasteiger partial charge on any atom is 0.416 e. The fourth-order valence-electron chi connectivity index (χ4n) is 6.02. The van der Waals surface area contributed by atoms with Crippen LogP contribution in [-0.2, 0) is 14.3 Å². The zero-order chi connectivity index (χ0) is 31.6. The van der Waals surface area contributed by atoms with Gasteiger partial charge in [-0.3, -0.25) is 14.5 Å². The van der Waals surface area contributed by atoms with E-state index in [1.165, 1.54) is 6.20 Å². The molecule has 1 aliphatic heterocycles. The highest BCUT2D eigenvalue weighted by atomic mass is 19.3. The molecular formula is C33H33F4N3O4. The van der Waals surface area contributed by atoms with Gasteiger partial charge < -0.3 is 4.74 Å². The molecule has 7 nitrogen and oxygen atoms in total. The molecule has 0 bridgehead atoms. The molecule has 2 heterocycles. The number of Topliss-reactive ketones (excluding diaryl/α,β-unsaturated/α-hetero) is 1. The summed E-state index contributed by atoms with van der Waals surface area (Å²) in [5, 5.41) is 0. The van der Waals surface area contributed by atoms with Crippen LogP contribution in [0.25, 0.3) is 0 Å². The van der Waals surface area contributed by atoms with Crippen molar-refractivity contribution in [2.24, 2.45) is 5.92 Å². The molecule has 0 N–H and O–H groups in total. The molecule has 2 aromatic carbocycles. The lowest BCUT2D eigenvalue weighted by Crippen LogP contribution is -2.56. The quantitative estimate of drug-likeness (QED) is 0.251. The number of ether oxygens (including phenoxy) is 1. The molecule has 2 fully saturated rings. The van der Waals surface area contributed by atoms with E-state index in [1.54, 1.807) is 50.2 Å². The molecule has 3 aromatic rings. The number of alkyl halides is 2. The molecular weight excluding hydrogens is 578 g/mol. The van der Waals surface area contributed by atoms with Crippen molar-refractivity contribution in [1.29, 1.82) is 0 Å². The minimum Gasteiger partial charge on any atom is -0.449 e. The van der Waals surface area contributed by atoms with Crippen molar-refractivity contribution in [3.05, 3.63) is 89.1 Å². The van der Waals surface area contributed by atoms with Gasteiger partial charge in [0.1, 0.15) is 29.5 Å². The number of ketones is 1. The first-order valence-electron chi connectivity index (χ1n) is 14.6. The van der Waals surface area contributed by atoms with Crippen molar-refractivity contribution in [1.82, 2.24) is 4.98 Å². The fourth-order valence-corrected chi connectivity index (χ4v) is 6.02. The van der Waals surface area contributed by atoms with Gasteiger partial charge in [0, 0.05) is 37.9 Å². The maximum absolute atomic E-state index is 14.7. The minimum atomic E-state index is -2.79. The standard InChI is InChI=1S/C33H33F4N3O4/c1-20-9-13-38-29(15-20)40-27(10-14-44-32(40)43)31(42)39(25-18-23(34)17-24(35)19-25)30(26-6-4-3-5-21(26)2)28(41)16-22-7-11-33(36,37)12-8-22/h3-6,9,13,15,17-19,22,27,30H,7-8,10-12,14,16H2,1-2H3. The smallest absolute Gasteiger partial charge is 0.416 e. The number of aryl methyl sites for hydroxylation is 2. The normalized spacial score (nSPS) is 19.3. The van der Waals surface area contributed by atoms with Gasteiger partial charge in [0.2, 0.25) is 5.92 Å². The number of halogens is 4. The zero-order valence-corrected chi connectivity index (χ0v) is 24.4. The molecule has 1 aliphatic carbocycles. The highest BCUT2D eigenvalue weighted by Crippen LogP contribution is 2.40. The van der Waals surface area contributed by atoms with E-state index in [1.807, 2.05) is 0 Å². The first kappa shape index (κ1) is 31.2. The van der Waals surface area contributed by atoms with E-state index in [0.29, 0.717) is 17.2 Å². The number of nitrogens with zero attached hydrogens (tertiary/aromatic N) is 3. The summed E-state index contributed by atoms with van der Waals surface area (Å²) in [4.78, 5) is 48.4. The monoisotopic (exact) mass is 611 g/mol. The van der Waals surface area contributed by atoms with Gasteiger partial charge in [0.05, 0.1) is 12.3 Å². The Bertz CT molecular complexity index is 1540. The Morgan fingerprint density at radius 3 is 2.36 bits per heavy atom. The molecule has 1 aromatic heterocycles. The van der Waals surface area contributed by atoms with Crippen molar-refractivity contribution in [3.63, 3.8) is 0 Å². The van der Waals surface area contributed by atoms with E-state index < -0.39 is 47.4 Å². The number of benzene rings is 2. The highest BCUT2D eigenvalue weighted by Gasteiger charge is 2.44. The second-order valence-electron chi connectivity index (χ2n) is 11.5. The van der Waals surface area contributed by atoms with Crippen molar-refractivity contribution in [2.45, 2.75) is 70.4 Å². The Labute approximate surface area is 252 Å². The Morgan fingerprint density at radius 2 is 1.70 bits per heavy atom. The Kier molecular flexibility index (Phi) is 9.03. The van der Waals surface area contributed by atoms with Gasteiger partial charge in [-0.25, -0.2) is 32.2 Å². The van der Waals surface area contributed by atoms with Gasteiger partial charge in [-0.2, -0.15) is 0 Å². The molecule has 2 amide bonds. The molecule has 232 valence electrons. The van der Waals surface area contributed by atoms with Crippen LogP contribution >= 0.6 is 0 Å². The van der Waals surface area contributed by atoms with Gasteiger partial charge in [-0.15, -0.1) is 0 Å². The molecule has 5 rings (SSSR count). The summed E-state index contributed by atoms with van der Waals surface area (Å²) in [5.74, 6) is -6.18. The van der Waals surface area contributed by atoms with E-state index in [0.717, 1.165) is 27.5 Å². The van der Waals surface area contributed by atoms with Crippen LogP contribution in [0.4, 0.5) is 33.9 Å². The molecule has 1 saturated heterocycles. The first-order chi connectivity index (χ1) is 20.9. The van der Waals surface area contributed by atoms with E-state index in [9.17, 15) is 31.9 Å². The van der Waals surface area contributed by atoms with Gasteiger partial charge in [-0.05, 0) is 73.6 Å². The summed E-state index contributed by atoms with van der Waals surface area (Å²) >= 11 is 0. The number of rotatable bonds is 8. The number of hydrogen-bond acceptors (Lipinski definition) is 5.